The summed E-state index contributed by atoms with van der Waals surface area (Å²) >= 11 is 0. The number of ether oxygens (including phenoxy) is 1. The summed E-state index contributed by atoms with van der Waals surface area (Å²) in [7, 11) is 0. The lowest BCUT2D eigenvalue weighted by atomic mass is 9.93. The summed E-state index contributed by atoms with van der Waals surface area (Å²) in [6.45, 7) is 0. The first-order valence-electron chi connectivity index (χ1n) is 6.10. The van der Waals surface area contributed by atoms with Crippen LogP contribution in [0.25, 0.3) is 10.4 Å². The molecule has 0 bridgehead atoms. The van der Waals surface area contributed by atoms with Crippen molar-refractivity contribution in [3.05, 3.63) is 46.3 Å². The highest BCUT2D eigenvalue weighted by atomic mass is 16.5. The predicted molar refractivity (Wildman–Crippen MR) is 67.0 cm³/mol. The molecule has 1 aliphatic carbocycles. The van der Waals surface area contributed by atoms with E-state index in [1.54, 1.807) is 12.1 Å². The summed E-state index contributed by atoms with van der Waals surface area (Å²) in [4.78, 5) is 14.6. The Morgan fingerprint density at radius 3 is 2.50 bits per heavy atom. The molecule has 0 aliphatic heterocycles. The first kappa shape index (κ1) is 12.5. The van der Waals surface area contributed by atoms with Crippen molar-refractivity contribution in [1.82, 2.24) is 0 Å². The molecule has 1 aromatic rings. The molecule has 94 valence electrons. The van der Waals surface area contributed by atoms with Crippen molar-refractivity contribution in [2.24, 2.45) is 5.11 Å². The average molecular weight is 245 g/mol. The minimum Gasteiger partial charge on any atom is -0.459 e. The van der Waals surface area contributed by atoms with Crippen LogP contribution in [0.1, 0.15) is 36.0 Å². The Bertz CT molecular complexity index is 447. The van der Waals surface area contributed by atoms with Crippen molar-refractivity contribution in [2.45, 2.75) is 37.8 Å². The summed E-state index contributed by atoms with van der Waals surface area (Å²) in [6.07, 6.45) is 3.06. The van der Waals surface area contributed by atoms with Gasteiger partial charge in [0, 0.05) is 11.0 Å². The van der Waals surface area contributed by atoms with E-state index < -0.39 is 0 Å². The van der Waals surface area contributed by atoms with Gasteiger partial charge >= 0.3 is 5.97 Å². The van der Waals surface area contributed by atoms with Gasteiger partial charge in [0.1, 0.15) is 6.10 Å². The summed E-state index contributed by atoms with van der Waals surface area (Å²) in [5, 5.41) is 3.70. The summed E-state index contributed by atoms with van der Waals surface area (Å²) in [5.41, 5.74) is 8.93. The topological polar surface area (TPSA) is 75.1 Å². The van der Waals surface area contributed by atoms with E-state index in [1.807, 2.05) is 18.2 Å². The van der Waals surface area contributed by atoms with Gasteiger partial charge in [0.15, 0.2) is 0 Å². The Labute approximate surface area is 105 Å². The number of benzene rings is 1. The molecule has 5 nitrogen and oxygen atoms in total. The highest BCUT2D eigenvalue weighted by molar-refractivity contribution is 5.89. The second-order valence-electron chi connectivity index (χ2n) is 4.41. The van der Waals surface area contributed by atoms with Crippen LogP contribution >= 0.6 is 0 Å². The predicted octanol–water partition coefficient (Wildman–Crippen LogP) is 3.46. The van der Waals surface area contributed by atoms with E-state index in [-0.39, 0.29) is 18.1 Å². The lowest BCUT2D eigenvalue weighted by molar-refractivity contribution is 0.0197. The smallest absolute Gasteiger partial charge is 0.338 e. The molecule has 0 N–H and O–H groups in total. The molecule has 0 saturated heterocycles. The fraction of sp³-hybridized carbons (Fsp3) is 0.462. The number of hydrogen-bond donors (Lipinski definition) is 0. The Hall–Kier alpha value is -2.00. The van der Waals surface area contributed by atoms with Crippen molar-refractivity contribution < 1.29 is 9.53 Å². The molecular weight excluding hydrogens is 230 g/mol. The van der Waals surface area contributed by atoms with E-state index in [4.69, 9.17) is 10.3 Å². The molecule has 0 atom stereocenters. The number of hydrogen-bond acceptors (Lipinski definition) is 3. The van der Waals surface area contributed by atoms with E-state index in [1.165, 1.54) is 0 Å². The van der Waals surface area contributed by atoms with Gasteiger partial charge in [0.25, 0.3) is 0 Å². The van der Waals surface area contributed by atoms with Crippen molar-refractivity contribution in [2.75, 3.05) is 0 Å². The van der Waals surface area contributed by atoms with Crippen LogP contribution in [0.3, 0.4) is 0 Å². The minimum absolute atomic E-state index is 0.0529. The Kier molecular flexibility index (Phi) is 4.20. The summed E-state index contributed by atoms with van der Waals surface area (Å²) < 4.78 is 5.43. The van der Waals surface area contributed by atoms with Gasteiger partial charge in [-0.05, 0) is 43.3 Å². The normalized spacial score (nSPS) is 22.9. The monoisotopic (exact) mass is 245 g/mol. The molecule has 0 aromatic heterocycles. The molecule has 0 unspecified atom stereocenters. The van der Waals surface area contributed by atoms with Crippen molar-refractivity contribution >= 4 is 5.97 Å². The lowest BCUT2D eigenvalue weighted by Crippen LogP contribution is -2.25. The maximum absolute atomic E-state index is 11.8. The van der Waals surface area contributed by atoms with Crippen LogP contribution in [0.15, 0.2) is 35.4 Å². The molecule has 5 heteroatoms. The molecule has 1 aliphatic rings. The Morgan fingerprint density at radius 2 is 1.89 bits per heavy atom. The maximum atomic E-state index is 11.8. The van der Waals surface area contributed by atoms with Crippen LogP contribution in [-0.2, 0) is 4.74 Å². The van der Waals surface area contributed by atoms with Crippen LogP contribution in [0.2, 0.25) is 0 Å². The van der Waals surface area contributed by atoms with E-state index in [9.17, 15) is 4.79 Å². The van der Waals surface area contributed by atoms with E-state index in [2.05, 4.69) is 10.0 Å². The fourth-order valence-electron chi connectivity index (χ4n) is 2.15. The molecule has 0 spiro atoms. The van der Waals surface area contributed by atoms with Crippen LogP contribution in [-0.4, -0.2) is 18.1 Å². The highest BCUT2D eigenvalue weighted by Crippen LogP contribution is 2.24. The largest absolute Gasteiger partial charge is 0.459 e. The van der Waals surface area contributed by atoms with Crippen LogP contribution in [0, 0.1) is 0 Å². The zero-order valence-corrected chi connectivity index (χ0v) is 10.0. The molecule has 0 heterocycles. The maximum Gasteiger partial charge on any atom is 0.338 e. The third kappa shape index (κ3) is 3.25. The zero-order valence-electron chi connectivity index (χ0n) is 10.0. The van der Waals surface area contributed by atoms with E-state index >= 15 is 0 Å². The van der Waals surface area contributed by atoms with Gasteiger partial charge in [-0.15, -0.1) is 0 Å². The summed E-state index contributed by atoms with van der Waals surface area (Å²) in [6, 6.07) is 9.04. The van der Waals surface area contributed by atoms with Gasteiger partial charge in [-0.25, -0.2) is 4.79 Å². The van der Waals surface area contributed by atoms with Gasteiger partial charge < -0.3 is 4.74 Å². The standard InChI is InChI=1S/C13H15N3O2/c14-16-15-11-6-8-12(9-7-11)18-13(17)10-4-2-1-3-5-10/h1-5,11-12H,6-9H2. The summed E-state index contributed by atoms with van der Waals surface area (Å²) in [5.74, 6) is -0.275. The van der Waals surface area contributed by atoms with Gasteiger partial charge in [-0.3, -0.25) is 0 Å². The molecule has 2 rings (SSSR count). The third-order valence-corrected chi connectivity index (χ3v) is 3.14. The van der Waals surface area contributed by atoms with Gasteiger partial charge in [-0.2, -0.15) is 0 Å². The minimum atomic E-state index is -0.275. The molecule has 1 fully saturated rings. The van der Waals surface area contributed by atoms with Crippen LogP contribution < -0.4 is 0 Å². The molecule has 18 heavy (non-hydrogen) atoms. The first-order valence-corrected chi connectivity index (χ1v) is 6.10. The molecule has 0 radical (unpaired) electrons. The van der Waals surface area contributed by atoms with E-state index in [0.717, 1.165) is 25.7 Å². The zero-order chi connectivity index (χ0) is 12.8. The number of esters is 1. The second kappa shape index (κ2) is 6.07. The van der Waals surface area contributed by atoms with Crippen molar-refractivity contribution in [1.29, 1.82) is 0 Å². The first-order chi connectivity index (χ1) is 8.79. The average Bonchev–Trinajstić information content (AvgIpc) is 2.42. The van der Waals surface area contributed by atoms with Crippen molar-refractivity contribution in [3.8, 4) is 0 Å². The van der Waals surface area contributed by atoms with Gasteiger partial charge in [-0.1, -0.05) is 23.3 Å². The van der Waals surface area contributed by atoms with Crippen LogP contribution in [0.4, 0.5) is 0 Å². The Morgan fingerprint density at radius 1 is 1.22 bits per heavy atom. The number of carbonyl (C=O) groups is 1. The fourth-order valence-corrected chi connectivity index (χ4v) is 2.15. The Balaban J connectivity index is 1.85. The van der Waals surface area contributed by atoms with Gasteiger partial charge in [0.2, 0.25) is 0 Å². The SMILES string of the molecule is [N-]=[N+]=NC1CCC(OC(=O)c2ccccc2)CC1. The van der Waals surface area contributed by atoms with Crippen LogP contribution in [0.5, 0.6) is 0 Å². The lowest BCUT2D eigenvalue weighted by Gasteiger charge is -2.25. The number of rotatable bonds is 3. The molecule has 0 amide bonds. The number of azide groups is 1. The molecule has 1 saturated carbocycles. The quantitative estimate of drug-likeness (QED) is 0.354. The van der Waals surface area contributed by atoms with Crippen molar-refractivity contribution in [3.63, 3.8) is 0 Å². The second-order valence-corrected chi connectivity index (χ2v) is 4.41. The van der Waals surface area contributed by atoms with Gasteiger partial charge in [0.05, 0.1) is 5.56 Å². The van der Waals surface area contributed by atoms with E-state index in [0.29, 0.717) is 5.56 Å². The number of carbonyl (C=O) groups excluding carboxylic acids is 1. The molecular formula is C13H15N3O2. The molecule has 1 aromatic carbocycles. The third-order valence-electron chi connectivity index (χ3n) is 3.14. The highest BCUT2D eigenvalue weighted by Gasteiger charge is 2.23. The number of nitrogens with zero attached hydrogens (tertiary/aromatic N) is 3.